The number of halogens is 4. The Morgan fingerprint density at radius 2 is 1.81 bits per heavy atom. The fourth-order valence-electron chi connectivity index (χ4n) is 2.54. The van der Waals surface area contributed by atoms with Gasteiger partial charge in [-0.3, -0.25) is 4.57 Å². The molecule has 0 aliphatic carbocycles. The van der Waals surface area contributed by atoms with E-state index in [0.29, 0.717) is 26.9 Å². The maximum atomic E-state index is 12.5. The van der Waals surface area contributed by atoms with Crippen molar-refractivity contribution in [3.05, 3.63) is 71.0 Å². The molecule has 0 spiro atoms. The van der Waals surface area contributed by atoms with Crippen molar-refractivity contribution in [2.45, 2.75) is 0 Å². The van der Waals surface area contributed by atoms with Crippen LogP contribution >= 0.6 is 63.7 Å². The number of hydrogen-bond acceptors (Lipinski definition) is 4. The average molecular weight is 605 g/mol. The van der Waals surface area contributed by atoms with E-state index in [-0.39, 0.29) is 5.89 Å². The summed E-state index contributed by atoms with van der Waals surface area (Å²) in [7, 11) is 0. The van der Waals surface area contributed by atoms with Crippen molar-refractivity contribution >= 4 is 74.6 Å². The number of aromatic nitrogens is 3. The SMILES string of the molecule is O=c1oc(-c2cc(Br)cn2-c2ncccc2Br)nc2c(Br)cc(Br)cc12. The Hall–Kier alpha value is -1.29. The molecule has 130 valence electrons. The van der Waals surface area contributed by atoms with E-state index >= 15 is 0 Å². The first kappa shape index (κ1) is 18.1. The van der Waals surface area contributed by atoms with E-state index in [0.717, 1.165) is 13.4 Å². The molecule has 0 amide bonds. The molecule has 0 aliphatic heterocycles. The van der Waals surface area contributed by atoms with Crippen molar-refractivity contribution in [3.8, 4) is 17.4 Å². The van der Waals surface area contributed by atoms with E-state index in [2.05, 4.69) is 73.7 Å². The Bertz CT molecular complexity index is 1220. The number of hydrogen-bond donors (Lipinski definition) is 0. The molecule has 4 rings (SSSR count). The maximum absolute atomic E-state index is 12.5. The smallest absolute Gasteiger partial charge is 0.347 e. The van der Waals surface area contributed by atoms with E-state index in [4.69, 9.17) is 4.42 Å². The van der Waals surface area contributed by atoms with Gasteiger partial charge in [0.2, 0.25) is 5.89 Å². The quantitative estimate of drug-likeness (QED) is 0.278. The highest BCUT2D eigenvalue weighted by Gasteiger charge is 2.18. The fourth-order valence-corrected chi connectivity index (χ4v) is 4.72. The first-order chi connectivity index (χ1) is 12.4. The molecular weight excluding hydrogens is 598 g/mol. The molecule has 4 aromatic rings. The summed E-state index contributed by atoms with van der Waals surface area (Å²) in [5.41, 5.74) is 0.671. The third-order valence-corrected chi connectivity index (χ3v) is 5.74. The Morgan fingerprint density at radius 3 is 2.58 bits per heavy atom. The van der Waals surface area contributed by atoms with Crippen LogP contribution in [0.4, 0.5) is 0 Å². The van der Waals surface area contributed by atoms with Crippen molar-refractivity contribution in [1.29, 1.82) is 0 Å². The molecule has 9 heteroatoms. The van der Waals surface area contributed by atoms with Gasteiger partial charge in [-0.15, -0.1) is 0 Å². The third kappa shape index (κ3) is 3.21. The zero-order chi connectivity index (χ0) is 18.4. The van der Waals surface area contributed by atoms with Crippen LogP contribution in [0.5, 0.6) is 0 Å². The fraction of sp³-hybridized carbons (Fsp3) is 0. The van der Waals surface area contributed by atoms with Gasteiger partial charge in [0.1, 0.15) is 5.69 Å². The van der Waals surface area contributed by atoms with Gasteiger partial charge in [-0.05, 0) is 78.1 Å². The monoisotopic (exact) mass is 601 g/mol. The minimum absolute atomic E-state index is 0.203. The van der Waals surface area contributed by atoms with Crippen LogP contribution in [-0.4, -0.2) is 14.5 Å². The standard InChI is InChI=1S/C17H7Br4N3O2/c18-8-4-10-14(12(21)5-8)23-16(26-17(10)25)13-6-9(19)7-24(13)15-11(20)2-1-3-22-15/h1-7H. The average Bonchev–Trinajstić information content (AvgIpc) is 2.97. The molecule has 0 radical (unpaired) electrons. The number of rotatable bonds is 2. The maximum Gasteiger partial charge on any atom is 0.347 e. The van der Waals surface area contributed by atoms with Crippen LogP contribution in [-0.2, 0) is 0 Å². The number of fused-ring (bicyclic) bond motifs is 1. The Morgan fingerprint density at radius 1 is 1.00 bits per heavy atom. The summed E-state index contributed by atoms with van der Waals surface area (Å²) in [5.74, 6) is 0.862. The number of nitrogens with zero attached hydrogens (tertiary/aromatic N) is 3. The Labute approximate surface area is 181 Å². The van der Waals surface area contributed by atoms with Gasteiger partial charge in [-0.2, -0.15) is 0 Å². The van der Waals surface area contributed by atoms with Gasteiger partial charge < -0.3 is 4.42 Å². The predicted molar refractivity (Wildman–Crippen MR) is 114 cm³/mol. The Balaban J connectivity index is 2.01. The lowest BCUT2D eigenvalue weighted by Crippen LogP contribution is -2.06. The molecule has 0 unspecified atom stereocenters. The summed E-state index contributed by atoms with van der Waals surface area (Å²) in [5, 5.41) is 0.395. The van der Waals surface area contributed by atoms with E-state index in [1.807, 2.05) is 30.5 Å². The second kappa shape index (κ2) is 7.03. The summed E-state index contributed by atoms with van der Waals surface area (Å²) < 4.78 is 10.4. The molecule has 3 aromatic heterocycles. The topological polar surface area (TPSA) is 60.9 Å². The molecule has 0 fully saturated rings. The minimum Gasteiger partial charge on any atom is -0.401 e. The van der Waals surface area contributed by atoms with Gasteiger partial charge >= 0.3 is 5.63 Å². The summed E-state index contributed by atoms with van der Waals surface area (Å²) in [4.78, 5) is 21.5. The summed E-state index contributed by atoms with van der Waals surface area (Å²) >= 11 is 13.8. The van der Waals surface area contributed by atoms with Crippen LogP contribution in [0.3, 0.4) is 0 Å². The molecule has 3 heterocycles. The third-order valence-electron chi connectivity index (χ3n) is 3.62. The van der Waals surface area contributed by atoms with E-state index in [1.165, 1.54) is 0 Å². The highest BCUT2D eigenvalue weighted by molar-refractivity contribution is 9.11. The lowest BCUT2D eigenvalue weighted by atomic mass is 10.2. The second-order valence-electron chi connectivity index (χ2n) is 5.31. The van der Waals surface area contributed by atoms with E-state index in [1.54, 1.807) is 16.8 Å². The molecule has 0 saturated heterocycles. The first-order valence-corrected chi connectivity index (χ1v) is 10.4. The van der Waals surface area contributed by atoms with Crippen molar-refractivity contribution < 1.29 is 4.42 Å². The van der Waals surface area contributed by atoms with Gasteiger partial charge in [0.15, 0.2) is 5.82 Å². The van der Waals surface area contributed by atoms with E-state index in [9.17, 15) is 4.79 Å². The molecular formula is C17H7Br4N3O2. The summed E-state index contributed by atoms with van der Waals surface area (Å²) in [6, 6.07) is 9.06. The first-order valence-electron chi connectivity index (χ1n) is 7.23. The van der Waals surface area contributed by atoms with Gasteiger partial charge in [0.25, 0.3) is 0 Å². The zero-order valence-electron chi connectivity index (χ0n) is 12.7. The molecule has 5 nitrogen and oxygen atoms in total. The van der Waals surface area contributed by atoms with Crippen LogP contribution in [0.25, 0.3) is 28.3 Å². The molecule has 1 aromatic carbocycles. The van der Waals surface area contributed by atoms with Gasteiger partial charge in [0, 0.05) is 25.8 Å². The van der Waals surface area contributed by atoms with Gasteiger partial charge in [-0.1, -0.05) is 15.9 Å². The van der Waals surface area contributed by atoms with Crippen molar-refractivity contribution in [2.75, 3.05) is 0 Å². The largest absolute Gasteiger partial charge is 0.401 e. The van der Waals surface area contributed by atoms with Crippen molar-refractivity contribution in [2.24, 2.45) is 0 Å². The molecule has 0 bridgehead atoms. The zero-order valence-corrected chi connectivity index (χ0v) is 19.1. The molecule has 0 aliphatic rings. The van der Waals surface area contributed by atoms with Crippen LogP contribution in [0.2, 0.25) is 0 Å². The second-order valence-corrected chi connectivity index (χ2v) is 8.85. The van der Waals surface area contributed by atoms with Crippen LogP contribution in [0.1, 0.15) is 0 Å². The lowest BCUT2D eigenvalue weighted by molar-refractivity contribution is 0.514. The summed E-state index contributed by atoms with van der Waals surface area (Å²) in [6.07, 6.45) is 3.53. The molecule has 0 atom stereocenters. The van der Waals surface area contributed by atoms with Crippen molar-refractivity contribution in [1.82, 2.24) is 14.5 Å². The number of pyridine rings is 1. The van der Waals surface area contributed by atoms with Crippen molar-refractivity contribution in [3.63, 3.8) is 0 Å². The number of benzene rings is 1. The predicted octanol–water partition coefficient (Wildman–Crippen LogP) is 6.09. The molecule has 0 N–H and O–H groups in total. The highest BCUT2D eigenvalue weighted by Crippen LogP contribution is 2.31. The highest BCUT2D eigenvalue weighted by atomic mass is 79.9. The van der Waals surface area contributed by atoms with Gasteiger partial charge in [0.05, 0.1) is 15.4 Å². The van der Waals surface area contributed by atoms with Crippen LogP contribution in [0.15, 0.2) is 69.8 Å². The van der Waals surface area contributed by atoms with Crippen LogP contribution in [0, 0.1) is 0 Å². The van der Waals surface area contributed by atoms with Crippen LogP contribution < -0.4 is 5.63 Å². The molecule has 26 heavy (non-hydrogen) atoms. The Kier molecular flexibility index (Phi) is 4.89. The molecule has 0 saturated carbocycles. The van der Waals surface area contributed by atoms with E-state index < -0.39 is 5.63 Å². The van der Waals surface area contributed by atoms with Gasteiger partial charge in [-0.25, -0.2) is 14.8 Å². The minimum atomic E-state index is -0.462. The lowest BCUT2D eigenvalue weighted by Gasteiger charge is -2.09. The summed E-state index contributed by atoms with van der Waals surface area (Å²) in [6.45, 7) is 0. The normalized spacial score (nSPS) is 11.2.